The minimum atomic E-state index is -1.06. The molecule has 0 spiro atoms. The maximum Gasteiger partial charge on any atom is 0.326 e. The van der Waals surface area contributed by atoms with Crippen molar-refractivity contribution in [3.05, 3.63) is 16.6 Å². The summed E-state index contributed by atoms with van der Waals surface area (Å²) in [6, 6.07) is -1.70. The molecule has 0 aromatic carbocycles. The zero-order valence-corrected chi connectivity index (χ0v) is 12.3. The van der Waals surface area contributed by atoms with Crippen LogP contribution in [0.3, 0.4) is 0 Å². The summed E-state index contributed by atoms with van der Waals surface area (Å²) in [6.07, 6.45) is 2.54. The third-order valence-electron chi connectivity index (χ3n) is 2.61. The number of carboxylic acids is 1. The van der Waals surface area contributed by atoms with E-state index in [1.54, 1.807) is 20.2 Å². The molecule has 0 fully saturated rings. The molecule has 2 atom stereocenters. The van der Waals surface area contributed by atoms with Crippen molar-refractivity contribution in [2.75, 3.05) is 13.7 Å². The largest absolute Gasteiger partial charge is 0.480 e. The molecule has 1 aromatic heterocycles. The third kappa shape index (κ3) is 5.54. The van der Waals surface area contributed by atoms with Crippen molar-refractivity contribution in [2.24, 2.45) is 0 Å². The van der Waals surface area contributed by atoms with Crippen molar-refractivity contribution in [1.29, 1.82) is 0 Å². The SMILES string of the molecule is COCCCC(NC(=O)NC(C)c1nccs1)C(=O)O. The highest BCUT2D eigenvalue weighted by Gasteiger charge is 2.20. The summed E-state index contributed by atoms with van der Waals surface area (Å²) < 4.78 is 4.86. The van der Waals surface area contributed by atoms with Crippen LogP contribution < -0.4 is 10.6 Å². The zero-order chi connectivity index (χ0) is 15.0. The van der Waals surface area contributed by atoms with Crippen LogP contribution >= 0.6 is 11.3 Å². The number of urea groups is 1. The molecule has 0 saturated heterocycles. The maximum absolute atomic E-state index is 11.8. The van der Waals surface area contributed by atoms with Crippen LogP contribution in [0.25, 0.3) is 0 Å². The van der Waals surface area contributed by atoms with E-state index in [9.17, 15) is 9.59 Å². The fourth-order valence-corrected chi connectivity index (χ4v) is 2.24. The van der Waals surface area contributed by atoms with Gasteiger partial charge in [0.15, 0.2) is 0 Å². The van der Waals surface area contributed by atoms with E-state index in [4.69, 9.17) is 9.84 Å². The van der Waals surface area contributed by atoms with Gasteiger partial charge in [-0.1, -0.05) is 0 Å². The van der Waals surface area contributed by atoms with Gasteiger partial charge in [-0.3, -0.25) is 0 Å². The number of hydrogen-bond donors (Lipinski definition) is 3. The molecule has 0 radical (unpaired) electrons. The van der Waals surface area contributed by atoms with E-state index in [1.165, 1.54) is 11.3 Å². The number of thiazole rings is 1. The number of aliphatic carboxylic acids is 1. The molecule has 3 N–H and O–H groups in total. The van der Waals surface area contributed by atoms with Crippen LogP contribution in [-0.4, -0.2) is 41.8 Å². The summed E-state index contributed by atoms with van der Waals surface area (Å²) in [4.78, 5) is 26.9. The van der Waals surface area contributed by atoms with Crippen molar-refractivity contribution in [1.82, 2.24) is 15.6 Å². The molecule has 8 heteroatoms. The lowest BCUT2D eigenvalue weighted by atomic mass is 10.1. The van der Waals surface area contributed by atoms with E-state index in [2.05, 4.69) is 15.6 Å². The van der Waals surface area contributed by atoms with Crippen LogP contribution in [0.5, 0.6) is 0 Å². The molecule has 0 aliphatic carbocycles. The molecule has 7 nitrogen and oxygen atoms in total. The predicted molar refractivity (Wildman–Crippen MR) is 74.7 cm³/mol. The van der Waals surface area contributed by atoms with Crippen LogP contribution in [0.15, 0.2) is 11.6 Å². The van der Waals surface area contributed by atoms with Gasteiger partial charge in [0, 0.05) is 25.3 Å². The van der Waals surface area contributed by atoms with Crippen molar-refractivity contribution in [3.8, 4) is 0 Å². The number of amides is 2. The van der Waals surface area contributed by atoms with Crippen molar-refractivity contribution < 1.29 is 19.4 Å². The van der Waals surface area contributed by atoms with Gasteiger partial charge in [-0.15, -0.1) is 11.3 Å². The number of carbonyl (C=O) groups is 2. The average molecular weight is 301 g/mol. The normalized spacial score (nSPS) is 13.5. The van der Waals surface area contributed by atoms with Gasteiger partial charge in [0.2, 0.25) is 0 Å². The first kappa shape index (κ1) is 16.4. The first-order valence-corrected chi connectivity index (χ1v) is 7.10. The Bertz CT molecular complexity index is 424. The molecule has 0 saturated carbocycles. The van der Waals surface area contributed by atoms with Crippen LogP contribution in [0.2, 0.25) is 0 Å². The van der Waals surface area contributed by atoms with Gasteiger partial charge in [-0.05, 0) is 19.8 Å². The number of ether oxygens (including phenoxy) is 1. The standard InChI is InChI=1S/C12H19N3O4S/c1-8(10-13-5-7-20-10)14-12(18)15-9(11(16)17)4-3-6-19-2/h5,7-9H,3-4,6H2,1-2H3,(H,16,17)(H2,14,15,18). The van der Waals surface area contributed by atoms with E-state index in [-0.39, 0.29) is 6.04 Å². The Morgan fingerprint density at radius 1 is 1.50 bits per heavy atom. The maximum atomic E-state index is 11.8. The number of methoxy groups -OCH3 is 1. The van der Waals surface area contributed by atoms with E-state index in [0.717, 1.165) is 5.01 Å². The van der Waals surface area contributed by atoms with Crippen molar-refractivity contribution >= 4 is 23.3 Å². The highest BCUT2D eigenvalue weighted by molar-refractivity contribution is 7.09. The number of nitrogens with one attached hydrogen (secondary N) is 2. The van der Waals surface area contributed by atoms with Gasteiger partial charge in [0.1, 0.15) is 11.0 Å². The third-order valence-corrected chi connectivity index (χ3v) is 3.57. The Morgan fingerprint density at radius 2 is 2.25 bits per heavy atom. The molecule has 1 heterocycles. The van der Waals surface area contributed by atoms with E-state index < -0.39 is 18.0 Å². The smallest absolute Gasteiger partial charge is 0.326 e. The molecule has 0 aliphatic heterocycles. The topological polar surface area (TPSA) is 101 Å². The average Bonchev–Trinajstić information content (AvgIpc) is 2.91. The minimum Gasteiger partial charge on any atom is -0.480 e. The highest BCUT2D eigenvalue weighted by Crippen LogP contribution is 2.14. The highest BCUT2D eigenvalue weighted by atomic mass is 32.1. The lowest BCUT2D eigenvalue weighted by Gasteiger charge is -2.17. The minimum absolute atomic E-state index is 0.261. The predicted octanol–water partition coefficient (Wildman–Crippen LogP) is 1.38. The zero-order valence-electron chi connectivity index (χ0n) is 11.5. The molecular formula is C12H19N3O4S. The second kappa shape index (κ2) is 8.49. The molecule has 0 bridgehead atoms. The van der Waals surface area contributed by atoms with Crippen LogP contribution in [0, 0.1) is 0 Å². The number of nitrogens with zero attached hydrogens (tertiary/aromatic N) is 1. The number of carboxylic acid groups (broad SMARTS) is 1. The van der Waals surface area contributed by atoms with Crippen LogP contribution in [0.4, 0.5) is 4.79 Å². The summed E-state index contributed by atoms with van der Waals surface area (Å²) in [5, 5.41) is 16.7. The number of aromatic nitrogens is 1. The number of rotatable bonds is 8. The molecule has 1 aromatic rings. The Kier molecular flexibility index (Phi) is 6.96. The van der Waals surface area contributed by atoms with E-state index >= 15 is 0 Å². The Labute approximate surface area is 121 Å². The first-order chi connectivity index (χ1) is 9.54. The lowest BCUT2D eigenvalue weighted by Crippen LogP contribution is -2.46. The monoisotopic (exact) mass is 301 g/mol. The number of carbonyl (C=O) groups excluding carboxylic acids is 1. The Hall–Kier alpha value is -1.67. The summed E-state index contributed by atoms with van der Waals surface area (Å²) in [7, 11) is 1.55. The van der Waals surface area contributed by atoms with Gasteiger partial charge < -0.3 is 20.5 Å². The van der Waals surface area contributed by atoms with Gasteiger partial charge >= 0.3 is 12.0 Å². The summed E-state index contributed by atoms with van der Waals surface area (Å²) >= 11 is 1.43. The second-order valence-corrected chi connectivity index (χ2v) is 5.16. The Morgan fingerprint density at radius 3 is 2.80 bits per heavy atom. The summed E-state index contributed by atoms with van der Waals surface area (Å²) in [6.45, 7) is 2.25. The second-order valence-electron chi connectivity index (χ2n) is 4.24. The molecule has 20 heavy (non-hydrogen) atoms. The van der Waals surface area contributed by atoms with Crippen LogP contribution in [0.1, 0.15) is 30.8 Å². The van der Waals surface area contributed by atoms with Gasteiger partial charge in [0.25, 0.3) is 0 Å². The fourth-order valence-electron chi connectivity index (χ4n) is 1.60. The quantitative estimate of drug-likeness (QED) is 0.630. The van der Waals surface area contributed by atoms with E-state index in [0.29, 0.717) is 19.4 Å². The number of hydrogen-bond acceptors (Lipinski definition) is 5. The van der Waals surface area contributed by atoms with Crippen LogP contribution in [-0.2, 0) is 9.53 Å². The molecule has 112 valence electrons. The van der Waals surface area contributed by atoms with Gasteiger partial charge in [-0.2, -0.15) is 0 Å². The van der Waals surface area contributed by atoms with Crippen molar-refractivity contribution in [3.63, 3.8) is 0 Å². The molecule has 2 unspecified atom stereocenters. The fraction of sp³-hybridized carbons (Fsp3) is 0.583. The molecule has 1 rings (SSSR count). The van der Waals surface area contributed by atoms with E-state index in [1.807, 2.05) is 5.38 Å². The summed E-state index contributed by atoms with van der Waals surface area (Å²) in [5.74, 6) is -1.06. The van der Waals surface area contributed by atoms with Crippen molar-refractivity contribution in [2.45, 2.75) is 31.8 Å². The van der Waals surface area contributed by atoms with Gasteiger partial charge in [0.05, 0.1) is 6.04 Å². The molecular weight excluding hydrogens is 282 g/mol. The molecule has 2 amide bonds. The molecule has 0 aliphatic rings. The van der Waals surface area contributed by atoms with Gasteiger partial charge in [-0.25, -0.2) is 14.6 Å². The lowest BCUT2D eigenvalue weighted by molar-refractivity contribution is -0.139. The summed E-state index contributed by atoms with van der Waals surface area (Å²) in [5.41, 5.74) is 0. The first-order valence-electron chi connectivity index (χ1n) is 6.22. The Balaban J connectivity index is 2.43.